The topological polar surface area (TPSA) is 61.8 Å². The van der Waals surface area contributed by atoms with E-state index < -0.39 is 0 Å². The summed E-state index contributed by atoms with van der Waals surface area (Å²) in [5, 5.41) is 2.22. The molecule has 7 nitrogen and oxygen atoms in total. The minimum absolute atomic E-state index is 0. The number of nitrogens with zero attached hydrogens (tertiary/aromatic N) is 4. The Balaban J connectivity index is 0.00000288. The molecule has 210 valence electrons. The summed E-state index contributed by atoms with van der Waals surface area (Å²) in [6, 6.07) is 29.3. The van der Waals surface area contributed by atoms with Crippen LogP contribution in [0.15, 0.2) is 100 Å². The molecule has 8 aromatic rings. The molecule has 0 aliphatic carbocycles. The molecule has 0 unspecified atom stereocenters. The van der Waals surface area contributed by atoms with Crippen molar-refractivity contribution in [3.63, 3.8) is 0 Å². The minimum atomic E-state index is -0.00320. The number of imidazole rings is 1. The van der Waals surface area contributed by atoms with Gasteiger partial charge in [-0.3, -0.25) is 8.80 Å². The van der Waals surface area contributed by atoms with Gasteiger partial charge in [0, 0.05) is 44.3 Å². The van der Waals surface area contributed by atoms with Crippen LogP contribution in [0, 0.1) is 18.5 Å². The Bertz CT molecular complexity index is 2250. The van der Waals surface area contributed by atoms with Gasteiger partial charge in [-0.25, -0.2) is 4.98 Å². The molecule has 0 bridgehead atoms. The quantitative estimate of drug-likeness (QED) is 0.139. The summed E-state index contributed by atoms with van der Waals surface area (Å²) < 4.78 is 23.3. The SMILES string of the molecule is CC(C)(C)c1ccnc(-n2c3[c-]c(Oc4[c-]c(-c5coc6c7occ[n+]7[c-]n56)ccc4)ccc3c3ccccc32)c1.[Pt]. The van der Waals surface area contributed by atoms with E-state index in [2.05, 4.69) is 80.2 Å². The van der Waals surface area contributed by atoms with Crippen LogP contribution >= 0.6 is 0 Å². The maximum absolute atomic E-state index is 6.33. The molecule has 0 amide bonds. The fraction of sp³-hybridized carbons (Fsp3) is 0.118. The van der Waals surface area contributed by atoms with Gasteiger partial charge < -0.3 is 18.1 Å². The summed E-state index contributed by atoms with van der Waals surface area (Å²) in [5.74, 6) is 1.99. The molecule has 0 aliphatic heterocycles. The van der Waals surface area contributed by atoms with E-state index in [1.165, 1.54) is 5.56 Å². The van der Waals surface area contributed by atoms with Crippen LogP contribution < -0.4 is 9.14 Å². The Morgan fingerprint density at radius 1 is 0.905 bits per heavy atom. The van der Waals surface area contributed by atoms with Gasteiger partial charge in [-0.05, 0) is 34.6 Å². The summed E-state index contributed by atoms with van der Waals surface area (Å²) in [4.78, 5) is 4.76. The number of oxazole rings is 2. The van der Waals surface area contributed by atoms with Crippen molar-refractivity contribution in [2.45, 2.75) is 26.2 Å². The van der Waals surface area contributed by atoms with E-state index in [4.69, 9.17) is 18.6 Å². The molecule has 0 aliphatic rings. The van der Waals surface area contributed by atoms with Crippen molar-refractivity contribution < 1.29 is 39.0 Å². The monoisotopic (exact) mass is 731 g/mol. The van der Waals surface area contributed by atoms with Gasteiger partial charge in [0.15, 0.2) is 0 Å². The van der Waals surface area contributed by atoms with E-state index in [9.17, 15) is 0 Å². The number of rotatable bonds is 4. The zero-order chi connectivity index (χ0) is 27.7. The van der Waals surface area contributed by atoms with Crippen LogP contribution in [-0.4, -0.2) is 14.0 Å². The van der Waals surface area contributed by atoms with Crippen molar-refractivity contribution >= 4 is 33.2 Å². The molecule has 0 fully saturated rings. The molecule has 0 spiro atoms. The molecule has 8 rings (SSSR count). The molecule has 5 aromatic heterocycles. The zero-order valence-corrected chi connectivity index (χ0v) is 25.3. The van der Waals surface area contributed by atoms with Crippen molar-refractivity contribution in [2.24, 2.45) is 0 Å². The smallest absolute Gasteiger partial charge is 0.279 e. The van der Waals surface area contributed by atoms with Gasteiger partial charge in [-0.15, -0.1) is 35.7 Å². The number of benzene rings is 3. The molecule has 0 saturated heterocycles. The van der Waals surface area contributed by atoms with Crippen molar-refractivity contribution in [1.29, 1.82) is 0 Å². The number of aromatic nitrogens is 4. The third-order valence-corrected chi connectivity index (χ3v) is 7.39. The number of hydrogen-bond donors (Lipinski definition) is 0. The van der Waals surface area contributed by atoms with Crippen molar-refractivity contribution in [3.05, 3.63) is 116 Å². The van der Waals surface area contributed by atoms with Crippen molar-refractivity contribution in [2.75, 3.05) is 0 Å². The molecular weight excluding hydrogens is 707 g/mol. The third-order valence-electron chi connectivity index (χ3n) is 7.39. The molecule has 0 atom stereocenters. The second-order valence-corrected chi connectivity index (χ2v) is 11.1. The summed E-state index contributed by atoms with van der Waals surface area (Å²) in [7, 11) is 0. The summed E-state index contributed by atoms with van der Waals surface area (Å²) in [6.45, 7) is 6.63. The predicted molar refractivity (Wildman–Crippen MR) is 154 cm³/mol. The first-order valence-electron chi connectivity index (χ1n) is 13.4. The molecular formula is C34H24N4O3Pt-2. The molecule has 42 heavy (non-hydrogen) atoms. The van der Waals surface area contributed by atoms with Gasteiger partial charge in [-0.1, -0.05) is 56.1 Å². The largest absolute Gasteiger partial charge is 0.503 e. The molecule has 0 saturated carbocycles. The van der Waals surface area contributed by atoms with Gasteiger partial charge >= 0.3 is 0 Å². The van der Waals surface area contributed by atoms with E-state index in [0.29, 0.717) is 22.9 Å². The van der Waals surface area contributed by atoms with E-state index in [1.807, 2.05) is 40.9 Å². The standard InChI is InChI=1S/C34H24N4O3.Pt/c1-34(2,3)23-13-14-35-31(18-23)38-28-10-5-4-9-26(28)27-12-11-25(19-29(27)38)41-24-8-6-7-22(17-24)30-20-40-33-32-36(15-16-39-32)21-37(30)33;/h4-16,18,20H,1-3H3;/q-2;. The average Bonchev–Trinajstić information content (AvgIpc) is 3.73. The van der Waals surface area contributed by atoms with Crippen LogP contribution in [0.25, 0.3) is 50.3 Å². The maximum Gasteiger partial charge on any atom is 0.279 e. The number of hydrogen-bond acceptors (Lipinski definition) is 4. The Kier molecular flexibility index (Phi) is 6.10. The Hall–Kier alpha value is -4.61. The number of ether oxygens (including phenoxy) is 1. The first kappa shape index (κ1) is 26.3. The summed E-state index contributed by atoms with van der Waals surface area (Å²) >= 11 is 0. The average molecular weight is 732 g/mol. The molecule has 8 heteroatoms. The fourth-order valence-electron chi connectivity index (χ4n) is 5.33. The Morgan fingerprint density at radius 2 is 1.76 bits per heavy atom. The molecule has 0 N–H and O–H groups in total. The van der Waals surface area contributed by atoms with Crippen molar-refractivity contribution in [3.8, 4) is 28.6 Å². The minimum Gasteiger partial charge on any atom is -0.503 e. The van der Waals surface area contributed by atoms with E-state index in [0.717, 1.165) is 38.9 Å². The zero-order valence-electron chi connectivity index (χ0n) is 23.0. The molecule has 3 aromatic carbocycles. The van der Waals surface area contributed by atoms with Crippen LogP contribution in [-0.2, 0) is 26.5 Å². The number of fused-ring (bicyclic) bond motifs is 6. The van der Waals surface area contributed by atoms with Crippen LogP contribution in [0.3, 0.4) is 0 Å². The first-order valence-corrected chi connectivity index (χ1v) is 13.4. The van der Waals surface area contributed by atoms with Gasteiger partial charge in [-0.2, -0.15) is 6.07 Å². The Labute approximate surface area is 255 Å². The van der Waals surface area contributed by atoms with E-state index in [-0.39, 0.29) is 26.5 Å². The Morgan fingerprint density at radius 3 is 2.64 bits per heavy atom. The van der Waals surface area contributed by atoms with Gasteiger partial charge in [0.1, 0.15) is 5.82 Å². The van der Waals surface area contributed by atoms with Crippen LogP contribution in [0.5, 0.6) is 11.5 Å². The number of para-hydroxylation sites is 1. The fourth-order valence-corrected chi connectivity index (χ4v) is 5.33. The molecule has 5 heterocycles. The summed E-state index contributed by atoms with van der Waals surface area (Å²) in [6.07, 6.45) is 10.1. The van der Waals surface area contributed by atoms with Gasteiger partial charge in [0.25, 0.3) is 17.8 Å². The van der Waals surface area contributed by atoms with Crippen LogP contribution in [0.1, 0.15) is 26.3 Å². The maximum atomic E-state index is 6.33. The first-order chi connectivity index (χ1) is 19.9. The number of pyridine rings is 1. The van der Waals surface area contributed by atoms with E-state index in [1.54, 1.807) is 23.1 Å². The van der Waals surface area contributed by atoms with Crippen LogP contribution in [0.4, 0.5) is 0 Å². The van der Waals surface area contributed by atoms with Gasteiger partial charge in [0.2, 0.25) is 0 Å². The predicted octanol–water partition coefficient (Wildman–Crippen LogP) is 7.51. The second kappa shape index (κ2) is 9.74. The summed E-state index contributed by atoms with van der Waals surface area (Å²) in [5.41, 5.74) is 5.92. The van der Waals surface area contributed by atoms with Crippen LogP contribution in [0.2, 0.25) is 0 Å². The molecule has 0 radical (unpaired) electrons. The van der Waals surface area contributed by atoms with Crippen molar-refractivity contribution in [1.82, 2.24) is 14.0 Å². The van der Waals surface area contributed by atoms with Gasteiger partial charge in [0.05, 0.1) is 24.4 Å². The van der Waals surface area contributed by atoms with E-state index >= 15 is 0 Å². The third kappa shape index (κ3) is 4.15. The normalized spacial score (nSPS) is 12.0. The second-order valence-electron chi connectivity index (χ2n) is 11.1.